The first-order valence-electron chi connectivity index (χ1n) is 11.4. The lowest BCUT2D eigenvalue weighted by molar-refractivity contribution is -0.0511. The number of aliphatic hydroxyl groups is 3. The van der Waals surface area contributed by atoms with Gasteiger partial charge in [-0.05, 0) is 19.8 Å². The monoisotopic (exact) mass is 473 g/mol. The molecule has 3 aromatic rings. The van der Waals surface area contributed by atoms with Gasteiger partial charge >= 0.3 is 5.97 Å². The molecule has 0 bridgehead atoms. The van der Waals surface area contributed by atoms with Crippen LogP contribution < -0.4 is 5.32 Å². The number of anilines is 1. The number of esters is 1. The summed E-state index contributed by atoms with van der Waals surface area (Å²) in [6, 6.07) is 0.219. The third kappa shape index (κ3) is 3.90. The molecule has 1 aliphatic carbocycles. The van der Waals surface area contributed by atoms with Crippen molar-refractivity contribution in [3.8, 4) is 11.5 Å². The second-order valence-electron chi connectivity index (χ2n) is 8.45. The first-order chi connectivity index (χ1) is 16.5. The lowest BCUT2D eigenvalue weighted by Gasteiger charge is -2.18. The number of ether oxygens (including phenoxy) is 2. The smallest absolute Gasteiger partial charge is 0.342 e. The number of rotatable bonds is 7. The number of nitrogens with one attached hydrogen (secondary N) is 2. The van der Waals surface area contributed by atoms with Crippen molar-refractivity contribution >= 4 is 23.0 Å². The third-order valence-corrected chi connectivity index (χ3v) is 6.27. The van der Waals surface area contributed by atoms with Crippen molar-refractivity contribution in [1.29, 1.82) is 0 Å². The Kier molecular flexibility index (Phi) is 6.16. The molecule has 2 fully saturated rings. The summed E-state index contributed by atoms with van der Waals surface area (Å²) >= 11 is 0. The van der Waals surface area contributed by atoms with Gasteiger partial charge in [-0.2, -0.15) is 5.10 Å². The number of imidazole rings is 1. The Balaban J connectivity index is 1.62. The van der Waals surface area contributed by atoms with Gasteiger partial charge in [0.1, 0.15) is 29.6 Å². The Morgan fingerprint density at radius 3 is 2.79 bits per heavy atom. The van der Waals surface area contributed by atoms with E-state index in [1.165, 1.54) is 17.1 Å². The Bertz CT molecular complexity index is 1170. The Hall–Kier alpha value is -3.13. The highest BCUT2D eigenvalue weighted by molar-refractivity contribution is 5.96. The number of hydrogen-bond acceptors (Lipinski definition) is 11. The van der Waals surface area contributed by atoms with Gasteiger partial charge in [-0.15, -0.1) is 0 Å². The van der Waals surface area contributed by atoms with Gasteiger partial charge in [0, 0.05) is 6.04 Å². The Labute approximate surface area is 194 Å². The van der Waals surface area contributed by atoms with E-state index in [1.807, 2.05) is 0 Å². The second kappa shape index (κ2) is 9.25. The van der Waals surface area contributed by atoms with Crippen molar-refractivity contribution in [3.63, 3.8) is 0 Å². The van der Waals surface area contributed by atoms with E-state index in [0.29, 0.717) is 17.0 Å². The SMILES string of the molecule is CCOC(=O)c1cn[nH]c1-c1nc(NC2CCCC2)c2ncn(C3O[C@H](CO)[C@@H](O)[C@H]3O)c2n1. The molecule has 1 saturated carbocycles. The molecule has 4 atom stereocenters. The maximum Gasteiger partial charge on any atom is 0.342 e. The molecular weight excluding hydrogens is 446 g/mol. The molecule has 13 nitrogen and oxygen atoms in total. The summed E-state index contributed by atoms with van der Waals surface area (Å²) in [5.41, 5.74) is 1.24. The molecule has 34 heavy (non-hydrogen) atoms. The van der Waals surface area contributed by atoms with E-state index in [4.69, 9.17) is 9.47 Å². The molecule has 1 unspecified atom stereocenters. The van der Waals surface area contributed by atoms with E-state index in [-0.39, 0.29) is 29.7 Å². The van der Waals surface area contributed by atoms with Crippen molar-refractivity contribution in [1.82, 2.24) is 29.7 Å². The van der Waals surface area contributed by atoms with Crippen LogP contribution in [-0.4, -0.2) is 88.6 Å². The number of H-pyrrole nitrogens is 1. The van der Waals surface area contributed by atoms with Crippen LogP contribution in [0.1, 0.15) is 49.2 Å². The molecule has 2 aliphatic rings. The van der Waals surface area contributed by atoms with Crippen LogP contribution in [0.2, 0.25) is 0 Å². The van der Waals surface area contributed by atoms with Crippen LogP contribution in [0.3, 0.4) is 0 Å². The fraction of sp³-hybridized carbons (Fsp3) is 0.571. The molecule has 0 spiro atoms. The summed E-state index contributed by atoms with van der Waals surface area (Å²) in [6.07, 6.45) is 2.48. The summed E-state index contributed by atoms with van der Waals surface area (Å²) in [5, 5.41) is 40.4. The molecule has 0 radical (unpaired) electrons. The summed E-state index contributed by atoms with van der Waals surface area (Å²) in [7, 11) is 0. The van der Waals surface area contributed by atoms with Crippen molar-refractivity contribution < 1.29 is 29.6 Å². The third-order valence-electron chi connectivity index (χ3n) is 6.27. The van der Waals surface area contributed by atoms with Crippen LogP contribution in [-0.2, 0) is 9.47 Å². The highest BCUT2D eigenvalue weighted by Crippen LogP contribution is 2.34. The van der Waals surface area contributed by atoms with Crippen LogP contribution in [0.25, 0.3) is 22.7 Å². The molecule has 182 valence electrons. The van der Waals surface area contributed by atoms with Gasteiger partial charge < -0.3 is 30.1 Å². The van der Waals surface area contributed by atoms with Gasteiger partial charge in [-0.1, -0.05) is 12.8 Å². The van der Waals surface area contributed by atoms with Crippen molar-refractivity contribution in [3.05, 3.63) is 18.1 Å². The molecule has 3 aromatic heterocycles. The lowest BCUT2D eigenvalue weighted by Crippen LogP contribution is -2.33. The molecule has 5 N–H and O–H groups in total. The van der Waals surface area contributed by atoms with Gasteiger partial charge in [0.05, 0.1) is 25.7 Å². The maximum absolute atomic E-state index is 12.4. The van der Waals surface area contributed by atoms with Crippen molar-refractivity contribution in [2.45, 2.75) is 63.2 Å². The van der Waals surface area contributed by atoms with E-state index in [2.05, 4.69) is 30.5 Å². The largest absolute Gasteiger partial charge is 0.462 e. The van der Waals surface area contributed by atoms with E-state index >= 15 is 0 Å². The second-order valence-corrected chi connectivity index (χ2v) is 8.45. The molecule has 5 rings (SSSR count). The number of carbonyl (C=O) groups excluding carboxylic acids is 1. The standard InChI is InChI=1S/C21H27N7O6/c1-2-33-21(32)11-7-23-27-13(11)17-25-18(24-10-5-3-4-6-10)14-19(26-17)28(9-22-14)20-16(31)15(30)12(8-29)34-20/h7,9-10,12,15-16,20,29-31H,2-6,8H2,1H3,(H,23,27)(H,24,25,26)/t12-,15-,16-,20?/m1/s1. The first kappa shape index (κ1) is 22.7. The molecule has 0 aromatic carbocycles. The zero-order chi connectivity index (χ0) is 23.8. The van der Waals surface area contributed by atoms with Gasteiger partial charge in [-0.3, -0.25) is 9.67 Å². The number of nitrogens with zero attached hydrogens (tertiary/aromatic N) is 5. The number of carbonyl (C=O) groups is 1. The van der Waals surface area contributed by atoms with Crippen LogP contribution in [0.5, 0.6) is 0 Å². The summed E-state index contributed by atoms with van der Waals surface area (Å²) in [4.78, 5) is 26.1. The van der Waals surface area contributed by atoms with Gasteiger partial charge in [0.2, 0.25) is 0 Å². The average molecular weight is 473 g/mol. The fourth-order valence-electron chi connectivity index (χ4n) is 4.51. The topological polar surface area (TPSA) is 181 Å². The highest BCUT2D eigenvalue weighted by Gasteiger charge is 2.44. The fourth-order valence-corrected chi connectivity index (χ4v) is 4.51. The predicted octanol–water partition coefficient (Wildman–Crippen LogP) is 0.359. The van der Waals surface area contributed by atoms with Crippen LogP contribution >= 0.6 is 0 Å². The quantitative estimate of drug-likeness (QED) is 0.299. The number of aliphatic hydroxyl groups excluding tert-OH is 3. The van der Waals surface area contributed by atoms with E-state index < -0.39 is 37.1 Å². The van der Waals surface area contributed by atoms with Crippen LogP contribution in [0.15, 0.2) is 12.5 Å². The summed E-state index contributed by atoms with van der Waals surface area (Å²) in [6.45, 7) is 1.46. The minimum absolute atomic E-state index is 0.182. The molecule has 4 heterocycles. The minimum Gasteiger partial charge on any atom is -0.462 e. The van der Waals surface area contributed by atoms with Crippen LogP contribution in [0, 0.1) is 0 Å². The summed E-state index contributed by atoms with van der Waals surface area (Å²) < 4.78 is 12.3. The molecule has 1 saturated heterocycles. The molecular formula is C21H27N7O6. The number of aromatic nitrogens is 6. The normalized spacial score (nSPS) is 25.3. The zero-order valence-corrected chi connectivity index (χ0v) is 18.6. The molecule has 0 amide bonds. The van der Waals surface area contributed by atoms with Gasteiger partial charge in [-0.25, -0.2) is 19.7 Å². The van der Waals surface area contributed by atoms with E-state index in [0.717, 1.165) is 25.7 Å². The Morgan fingerprint density at radius 1 is 1.29 bits per heavy atom. The highest BCUT2D eigenvalue weighted by atomic mass is 16.6. The van der Waals surface area contributed by atoms with Gasteiger partial charge in [0.15, 0.2) is 29.0 Å². The molecule has 13 heteroatoms. The average Bonchev–Trinajstić information content (AvgIpc) is 3.62. The predicted molar refractivity (Wildman–Crippen MR) is 118 cm³/mol. The summed E-state index contributed by atoms with van der Waals surface area (Å²) in [5.74, 6) is 0.0982. The number of aromatic amines is 1. The minimum atomic E-state index is -1.30. The van der Waals surface area contributed by atoms with Crippen LogP contribution in [0.4, 0.5) is 5.82 Å². The maximum atomic E-state index is 12.4. The van der Waals surface area contributed by atoms with E-state index in [1.54, 1.807) is 6.92 Å². The number of fused-ring (bicyclic) bond motifs is 1. The molecule has 1 aliphatic heterocycles. The lowest BCUT2D eigenvalue weighted by atomic mass is 10.1. The zero-order valence-electron chi connectivity index (χ0n) is 18.6. The van der Waals surface area contributed by atoms with Gasteiger partial charge in [0.25, 0.3) is 0 Å². The number of hydrogen-bond donors (Lipinski definition) is 5. The Morgan fingerprint density at radius 2 is 2.09 bits per heavy atom. The first-order valence-corrected chi connectivity index (χ1v) is 11.4. The van der Waals surface area contributed by atoms with E-state index in [9.17, 15) is 20.1 Å². The van der Waals surface area contributed by atoms with Crippen molar-refractivity contribution in [2.24, 2.45) is 0 Å². The van der Waals surface area contributed by atoms with Crippen molar-refractivity contribution in [2.75, 3.05) is 18.5 Å².